The average molecular weight is 282 g/mol. The Bertz CT molecular complexity index is 763. The van der Waals surface area contributed by atoms with Gasteiger partial charge in [0.15, 0.2) is 11.5 Å². The largest absolute Gasteiger partial charge is 0.504 e. The van der Waals surface area contributed by atoms with Crippen molar-refractivity contribution < 1.29 is 10.2 Å². The highest BCUT2D eigenvalue weighted by Crippen LogP contribution is 2.38. The molecule has 0 fully saturated rings. The highest BCUT2D eigenvalue weighted by Gasteiger charge is 2.20. The summed E-state index contributed by atoms with van der Waals surface area (Å²) in [6.07, 6.45) is 3.25. The molecular formula is C15H14N4O2. The van der Waals surface area contributed by atoms with Gasteiger partial charge in [-0.05, 0) is 5.92 Å². The first-order chi connectivity index (χ1) is 9.97. The van der Waals surface area contributed by atoms with Crippen LogP contribution in [0.4, 0.5) is 0 Å². The molecule has 0 radical (unpaired) electrons. The molecule has 2 aromatic rings. The zero-order chi connectivity index (χ0) is 15.6. The van der Waals surface area contributed by atoms with Crippen LogP contribution in [0.15, 0.2) is 18.5 Å². The minimum Gasteiger partial charge on any atom is -0.504 e. The van der Waals surface area contributed by atoms with Crippen LogP contribution in [0, 0.1) is 28.6 Å². The zero-order valence-electron chi connectivity index (χ0n) is 11.7. The highest BCUT2D eigenvalue weighted by atomic mass is 16.3. The molecular weight excluding hydrogens is 268 g/mol. The van der Waals surface area contributed by atoms with Crippen LogP contribution in [0.25, 0.3) is 11.1 Å². The number of hydrogen-bond donors (Lipinski definition) is 2. The van der Waals surface area contributed by atoms with Gasteiger partial charge in [-0.25, -0.2) is 0 Å². The molecule has 1 heterocycles. The Morgan fingerprint density at radius 2 is 2.00 bits per heavy atom. The maximum Gasteiger partial charge on any atom is 0.176 e. The molecule has 2 N–H and O–H groups in total. The molecule has 0 saturated heterocycles. The molecule has 0 bridgehead atoms. The zero-order valence-corrected chi connectivity index (χ0v) is 11.7. The van der Waals surface area contributed by atoms with Gasteiger partial charge in [-0.2, -0.15) is 15.6 Å². The Balaban J connectivity index is 2.63. The molecule has 106 valence electrons. The van der Waals surface area contributed by atoms with Crippen molar-refractivity contribution in [3.05, 3.63) is 29.6 Å². The number of phenolic OH excluding ortho intramolecular Hbond substituents is 2. The van der Waals surface area contributed by atoms with Crippen molar-refractivity contribution >= 4 is 0 Å². The van der Waals surface area contributed by atoms with Gasteiger partial charge in [0.25, 0.3) is 0 Å². The van der Waals surface area contributed by atoms with Crippen molar-refractivity contribution in [2.45, 2.75) is 20.4 Å². The smallest absolute Gasteiger partial charge is 0.176 e. The molecule has 1 aromatic heterocycles. The average Bonchev–Trinajstić information content (AvgIpc) is 2.88. The number of rotatable bonds is 3. The molecule has 0 aliphatic carbocycles. The molecule has 0 atom stereocenters. The van der Waals surface area contributed by atoms with Crippen LogP contribution in [0.1, 0.15) is 25.0 Å². The third-order valence-electron chi connectivity index (χ3n) is 2.99. The summed E-state index contributed by atoms with van der Waals surface area (Å²) in [5, 5.41) is 41.9. The number of benzene rings is 1. The van der Waals surface area contributed by atoms with E-state index in [0.717, 1.165) is 6.07 Å². The molecule has 0 saturated carbocycles. The van der Waals surface area contributed by atoms with Gasteiger partial charge < -0.3 is 10.2 Å². The number of aromatic hydroxyl groups is 2. The minimum absolute atomic E-state index is 0.117. The molecule has 0 spiro atoms. The minimum atomic E-state index is -0.525. The van der Waals surface area contributed by atoms with Crippen LogP contribution in [-0.4, -0.2) is 20.0 Å². The van der Waals surface area contributed by atoms with Gasteiger partial charge in [0.2, 0.25) is 0 Å². The van der Waals surface area contributed by atoms with Gasteiger partial charge in [-0.3, -0.25) is 4.68 Å². The highest BCUT2D eigenvalue weighted by molar-refractivity contribution is 5.80. The number of nitriles is 2. The third-order valence-corrected chi connectivity index (χ3v) is 2.99. The second-order valence-corrected chi connectivity index (χ2v) is 5.11. The van der Waals surface area contributed by atoms with Gasteiger partial charge in [0.05, 0.1) is 17.8 Å². The molecule has 0 amide bonds. The SMILES string of the molecule is CC(C)Cn1cc(-c2c(C#N)cc(O)c(O)c2C#N)cn1. The number of phenols is 2. The molecule has 0 unspecified atom stereocenters. The molecule has 21 heavy (non-hydrogen) atoms. The van der Waals surface area contributed by atoms with Gasteiger partial charge in [-0.1, -0.05) is 13.8 Å². The lowest BCUT2D eigenvalue weighted by Gasteiger charge is -2.08. The topological polar surface area (TPSA) is 106 Å². The Morgan fingerprint density at radius 3 is 2.57 bits per heavy atom. The van der Waals surface area contributed by atoms with Gasteiger partial charge in [-0.15, -0.1) is 0 Å². The van der Waals surface area contributed by atoms with Crippen molar-refractivity contribution in [3.8, 4) is 34.8 Å². The molecule has 1 aromatic carbocycles. The van der Waals surface area contributed by atoms with E-state index in [9.17, 15) is 20.7 Å². The lowest BCUT2D eigenvalue weighted by molar-refractivity contribution is 0.402. The maximum absolute atomic E-state index is 9.80. The monoisotopic (exact) mass is 282 g/mol. The first-order valence-electron chi connectivity index (χ1n) is 6.39. The lowest BCUT2D eigenvalue weighted by Crippen LogP contribution is -2.04. The summed E-state index contributed by atoms with van der Waals surface area (Å²) in [5.41, 5.74) is 0.825. The summed E-state index contributed by atoms with van der Waals surface area (Å²) < 4.78 is 1.71. The molecule has 2 rings (SSSR count). The van der Waals surface area contributed by atoms with E-state index >= 15 is 0 Å². The van der Waals surface area contributed by atoms with Crippen LogP contribution in [0.3, 0.4) is 0 Å². The van der Waals surface area contributed by atoms with Crippen LogP contribution in [0.2, 0.25) is 0 Å². The standard InChI is InChI=1S/C15H14N4O2/c1-9(2)7-19-8-11(6-18-19)14-10(4-16)3-13(20)15(21)12(14)5-17/h3,6,8-9,20-21H,7H2,1-2H3. The third kappa shape index (κ3) is 2.65. The Morgan fingerprint density at radius 1 is 1.29 bits per heavy atom. The normalized spacial score (nSPS) is 10.3. The van der Waals surface area contributed by atoms with Crippen molar-refractivity contribution in [2.75, 3.05) is 0 Å². The van der Waals surface area contributed by atoms with Crippen LogP contribution in [0.5, 0.6) is 11.5 Å². The first-order valence-corrected chi connectivity index (χ1v) is 6.39. The van der Waals surface area contributed by atoms with E-state index in [0.29, 0.717) is 18.0 Å². The Labute approximate surface area is 122 Å². The first kappa shape index (κ1) is 14.4. The van der Waals surface area contributed by atoms with Gasteiger partial charge in [0, 0.05) is 29.9 Å². The maximum atomic E-state index is 9.80. The van der Waals surface area contributed by atoms with Crippen LogP contribution >= 0.6 is 0 Å². The summed E-state index contributed by atoms with van der Waals surface area (Å²) in [5.74, 6) is -0.610. The number of hydrogen-bond acceptors (Lipinski definition) is 5. The fourth-order valence-electron chi connectivity index (χ4n) is 2.12. The fraction of sp³-hybridized carbons (Fsp3) is 0.267. The summed E-state index contributed by atoms with van der Waals surface area (Å²) >= 11 is 0. The van der Waals surface area contributed by atoms with E-state index < -0.39 is 11.5 Å². The van der Waals surface area contributed by atoms with Crippen molar-refractivity contribution in [1.29, 1.82) is 10.5 Å². The van der Waals surface area contributed by atoms with Crippen molar-refractivity contribution in [1.82, 2.24) is 9.78 Å². The summed E-state index contributed by atoms with van der Waals surface area (Å²) in [7, 11) is 0. The van der Waals surface area contributed by atoms with Crippen LogP contribution < -0.4 is 0 Å². The van der Waals surface area contributed by atoms with E-state index in [1.165, 1.54) is 6.20 Å². The predicted molar refractivity (Wildman–Crippen MR) is 75.3 cm³/mol. The van der Waals surface area contributed by atoms with Crippen molar-refractivity contribution in [3.63, 3.8) is 0 Å². The van der Waals surface area contributed by atoms with E-state index in [1.807, 2.05) is 12.1 Å². The molecule has 0 aliphatic heterocycles. The Hall–Kier alpha value is -2.99. The Kier molecular flexibility index (Phi) is 3.82. The van der Waals surface area contributed by atoms with E-state index in [2.05, 4.69) is 18.9 Å². The lowest BCUT2D eigenvalue weighted by atomic mass is 9.96. The fourth-order valence-corrected chi connectivity index (χ4v) is 2.12. The van der Waals surface area contributed by atoms with Gasteiger partial charge in [0.1, 0.15) is 11.6 Å². The molecule has 6 nitrogen and oxygen atoms in total. The van der Waals surface area contributed by atoms with Crippen molar-refractivity contribution in [2.24, 2.45) is 5.92 Å². The van der Waals surface area contributed by atoms with Crippen LogP contribution in [-0.2, 0) is 6.54 Å². The summed E-state index contributed by atoms with van der Waals surface area (Å²) in [4.78, 5) is 0. The second-order valence-electron chi connectivity index (χ2n) is 5.11. The number of aromatic nitrogens is 2. The van der Waals surface area contributed by atoms with E-state index in [-0.39, 0.29) is 16.7 Å². The van der Waals surface area contributed by atoms with E-state index in [1.54, 1.807) is 10.9 Å². The molecule has 6 heteroatoms. The second kappa shape index (κ2) is 5.56. The molecule has 0 aliphatic rings. The van der Waals surface area contributed by atoms with E-state index in [4.69, 9.17) is 0 Å². The quantitative estimate of drug-likeness (QED) is 0.840. The predicted octanol–water partition coefficient (Wildman–Crippen LogP) is 2.36. The van der Waals surface area contributed by atoms with Gasteiger partial charge >= 0.3 is 0 Å². The number of nitrogens with zero attached hydrogens (tertiary/aromatic N) is 4. The summed E-state index contributed by atoms with van der Waals surface area (Å²) in [6.45, 7) is 4.80. The summed E-state index contributed by atoms with van der Waals surface area (Å²) in [6, 6.07) is 4.90.